The minimum Gasteiger partial charge on any atom is -0.462 e. The monoisotopic (exact) mass is 548 g/mol. The Kier molecular flexibility index (Phi) is 6.64. The van der Waals surface area contributed by atoms with Gasteiger partial charge in [0.1, 0.15) is 25.9 Å². The van der Waals surface area contributed by atoms with E-state index in [1.807, 2.05) is 0 Å². The molecule has 8 atom stereocenters. The van der Waals surface area contributed by atoms with E-state index in [1.165, 1.54) is 12.8 Å². The van der Waals surface area contributed by atoms with Gasteiger partial charge in [0, 0.05) is 23.7 Å². The fourth-order valence-corrected chi connectivity index (χ4v) is 8.84. The third kappa shape index (κ3) is 4.14. The molecule has 216 valence electrons. The standard InChI is InChI=1S/C28H40F4O6/c1-17-9-19-5-3-6-20(10-19)28(17)35-14-22(38-28)13-34-23(33)24-8-4-7-21(12-24)27(18(2)11-24)36-15-25(29,30)26(31,32)16-37-27/h17-22H,3-16H2,1-2H3. The van der Waals surface area contributed by atoms with Crippen LogP contribution in [0.15, 0.2) is 0 Å². The number of hydrogen-bond acceptors (Lipinski definition) is 6. The number of halogens is 4. The molecule has 0 aromatic rings. The Morgan fingerprint density at radius 2 is 1.55 bits per heavy atom. The van der Waals surface area contributed by atoms with E-state index in [4.69, 9.17) is 23.7 Å². The summed E-state index contributed by atoms with van der Waals surface area (Å²) in [6.45, 7) is 1.61. The molecule has 38 heavy (non-hydrogen) atoms. The molecule has 4 bridgehead atoms. The molecule has 6 rings (SSSR count). The van der Waals surface area contributed by atoms with E-state index in [1.54, 1.807) is 6.92 Å². The Labute approximate surface area is 221 Å². The number of carbonyl (C=O) groups excluding carboxylic acids is 1. The minimum atomic E-state index is -4.31. The number of alkyl halides is 4. The van der Waals surface area contributed by atoms with Crippen molar-refractivity contribution in [3.8, 4) is 0 Å². The number of fused-ring (bicyclic) bond motifs is 6. The van der Waals surface area contributed by atoms with Gasteiger partial charge >= 0.3 is 17.8 Å². The lowest BCUT2D eigenvalue weighted by molar-refractivity contribution is -0.320. The SMILES string of the molecule is CC1CC2(C(=O)OCC3COC4(O3)C(C)CC3CCCC4C3)CCCC(C2)C12OCC(F)(F)C(F)(F)CO2. The topological polar surface area (TPSA) is 63.2 Å². The van der Waals surface area contributed by atoms with Crippen molar-refractivity contribution < 1.29 is 46.0 Å². The van der Waals surface area contributed by atoms with E-state index in [9.17, 15) is 22.4 Å². The molecular formula is C28H40F4O6. The number of rotatable bonds is 3. The molecule has 0 radical (unpaired) electrons. The summed E-state index contributed by atoms with van der Waals surface area (Å²) < 4.78 is 85.9. The van der Waals surface area contributed by atoms with Crippen molar-refractivity contribution in [3.05, 3.63) is 0 Å². The summed E-state index contributed by atoms with van der Waals surface area (Å²) in [4.78, 5) is 13.5. The third-order valence-corrected chi connectivity index (χ3v) is 10.7. The van der Waals surface area contributed by atoms with Gasteiger partial charge < -0.3 is 23.7 Å². The van der Waals surface area contributed by atoms with Crippen LogP contribution in [0.3, 0.4) is 0 Å². The van der Waals surface area contributed by atoms with Crippen LogP contribution in [0.25, 0.3) is 0 Å². The predicted octanol–water partition coefficient (Wildman–Crippen LogP) is 5.72. The Morgan fingerprint density at radius 3 is 2.29 bits per heavy atom. The van der Waals surface area contributed by atoms with Gasteiger partial charge in [-0.1, -0.05) is 33.1 Å². The molecule has 4 saturated carbocycles. The Bertz CT molecular complexity index is 907. The lowest BCUT2D eigenvalue weighted by Gasteiger charge is -2.55. The van der Waals surface area contributed by atoms with Gasteiger partial charge in [-0.15, -0.1) is 0 Å². The van der Waals surface area contributed by atoms with Crippen molar-refractivity contribution in [3.63, 3.8) is 0 Å². The Morgan fingerprint density at radius 1 is 0.842 bits per heavy atom. The summed E-state index contributed by atoms with van der Waals surface area (Å²) in [5, 5.41) is 0. The predicted molar refractivity (Wildman–Crippen MR) is 126 cm³/mol. The first-order chi connectivity index (χ1) is 17.9. The molecule has 6 nitrogen and oxygen atoms in total. The first kappa shape index (κ1) is 27.2. The summed E-state index contributed by atoms with van der Waals surface area (Å²) in [6.07, 6.45) is 7.83. The second kappa shape index (κ2) is 9.28. The maximum atomic E-state index is 14.1. The van der Waals surface area contributed by atoms with Gasteiger partial charge in [-0.25, -0.2) is 0 Å². The van der Waals surface area contributed by atoms with Crippen molar-refractivity contribution >= 4 is 5.97 Å². The molecular weight excluding hydrogens is 508 g/mol. The average Bonchev–Trinajstić information content (AvgIpc) is 3.28. The van der Waals surface area contributed by atoms with Crippen LogP contribution in [-0.2, 0) is 28.5 Å². The van der Waals surface area contributed by atoms with Gasteiger partial charge in [-0.3, -0.25) is 4.79 Å². The van der Waals surface area contributed by atoms with Crippen molar-refractivity contribution in [1.82, 2.24) is 0 Å². The lowest BCUT2D eigenvalue weighted by atomic mass is 9.56. The molecule has 10 heteroatoms. The average molecular weight is 549 g/mol. The van der Waals surface area contributed by atoms with Crippen molar-refractivity contribution in [2.45, 2.75) is 108 Å². The van der Waals surface area contributed by atoms with Crippen LogP contribution in [-0.4, -0.2) is 61.9 Å². The summed E-state index contributed by atoms with van der Waals surface area (Å²) in [5.41, 5.74) is -0.816. The van der Waals surface area contributed by atoms with Crippen LogP contribution in [0.5, 0.6) is 0 Å². The van der Waals surface area contributed by atoms with Crippen LogP contribution in [0.1, 0.15) is 78.1 Å². The number of hydrogen-bond donors (Lipinski definition) is 0. The molecule has 4 aliphatic carbocycles. The Balaban J connectivity index is 1.11. The second-order valence-electron chi connectivity index (χ2n) is 13.1. The fourth-order valence-electron chi connectivity index (χ4n) is 8.84. The molecule has 2 aliphatic heterocycles. The highest BCUT2D eigenvalue weighted by Gasteiger charge is 2.66. The van der Waals surface area contributed by atoms with Crippen LogP contribution in [0, 0.1) is 35.0 Å². The summed E-state index contributed by atoms with van der Waals surface area (Å²) >= 11 is 0. The summed E-state index contributed by atoms with van der Waals surface area (Å²) in [7, 11) is 0. The first-order valence-corrected chi connectivity index (χ1v) is 14.4. The molecule has 0 aromatic heterocycles. The second-order valence-corrected chi connectivity index (χ2v) is 13.1. The number of carbonyl (C=O) groups is 1. The van der Waals surface area contributed by atoms with Crippen molar-refractivity contribution in [1.29, 1.82) is 0 Å². The summed E-state index contributed by atoms with van der Waals surface area (Å²) in [6, 6.07) is 0. The largest absolute Gasteiger partial charge is 0.462 e. The molecule has 0 amide bonds. The zero-order chi connectivity index (χ0) is 27.0. The van der Waals surface area contributed by atoms with Crippen LogP contribution < -0.4 is 0 Å². The highest BCUT2D eigenvalue weighted by molar-refractivity contribution is 5.77. The molecule has 6 aliphatic rings. The van der Waals surface area contributed by atoms with E-state index in [-0.39, 0.29) is 25.1 Å². The van der Waals surface area contributed by atoms with E-state index in [0.717, 1.165) is 25.2 Å². The molecule has 2 saturated heterocycles. The van der Waals surface area contributed by atoms with E-state index < -0.39 is 53.9 Å². The van der Waals surface area contributed by atoms with E-state index in [0.29, 0.717) is 44.1 Å². The normalized spacial score (nSPS) is 47.0. The maximum absolute atomic E-state index is 14.1. The van der Waals surface area contributed by atoms with Crippen LogP contribution in [0.2, 0.25) is 0 Å². The highest BCUT2D eigenvalue weighted by atomic mass is 19.3. The smallest absolute Gasteiger partial charge is 0.335 e. The van der Waals surface area contributed by atoms with Gasteiger partial charge in [0.2, 0.25) is 0 Å². The van der Waals surface area contributed by atoms with E-state index >= 15 is 0 Å². The van der Waals surface area contributed by atoms with Crippen molar-refractivity contribution in [2.24, 2.45) is 35.0 Å². The molecule has 2 heterocycles. The Hall–Kier alpha value is -0.970. The van der Waals surface area contributed by atoms with Gasteiger partial charge in [0.05, 0.1) is 12.0 Å². The van der Waals surface area contributed by atoms with Crippen LogP contribution >= 0.6 is 0 Å². The van der Waals surface area contributed by atoms with Gasteiger partial charge in [0.15, 0.2) is 11.6 Å². The highest BCUT2D eigenvalue weighted by Crippen LogP contribution is 2.59. The van der Waals surface area contributed by atoms with Crippen LogP contribution in [0.4, 0.5) is 17.6 Å². The van der Waals surface area contributed by atoms with Gasteiger partial charge in [-0.05, 0) is 50.9 Å². The lowest BCUT2D eigenvalue weighted by Crippen LogP contribution is -2.59. The van der Waals surface area contributed by atoms with Gasteiger partial charge in [0.25, 0.3) is 0 Å². The van der Waals surface area contributed by atoms with Gasteiger partial charge in [-0.2, -0.15) is 17.6 Å². The molecule has 0 aromatic carbocycles. The molecule has 6 fully saturated rings. The van der Waals surface area contributed by atoms with E-state index in [2.05, 4.69) is 6.92 Å². The zero-order valence-electron chi connectivity index (χ0n) is 22.3. The van der Waals surface area contributed by atoms with Crippen molar-refractivity contribution in [2.75, 3.05) is 26.4 Å². The number of ether oxygens (including phenoxy) is 5. The quantitative estimate of drug-likeness (QED) is 0.332. The molecule has 8 unspecified atom stereocenters. The minimum absolute atomic E-state index is 0.0981. The fraction of sp³-hybridized carbons (Fsp3) is 0.964. The first-order valence-electron chi connectivity index (χ1n) is 14.4. The number of esters is 1. The zero-order valence-corrected chi connectivity index (χ0v) is 22.3. The molecule has 2 spiro atoms. The third-order valence-electron chi connectivity index (χ3n) is 10.7. The maximum Gasteiger partial charge on any atom is 0.335 e. The molecule has 0 N–H and O–H groups in total. The summed E-state index contributed by atoms with van der Waals surface area (Å²) in [5.74, 6) is -10.7.